The third kappa shape index (κ3) is 4.74. The summed E-state index contributed by atoms with van der Waals surface area (Å²) in [6, 6.07) is 7.05. The van der Waals surface area contributed by atoms with E-state index in [9.17, 15) is 9.59 Å². The molecule has 0 spiro atoms. The lowest BCUT2D eigenvalue weighted by Gasteiger charge is -2.11. The van der Waals surface area contributed by atoms with Crippen LogP contribution in [0.5, 0.6) is 0 Å². The largest absolute Gasteiger partial charge is 0.376 e. The third-order valence-electron chi connectivity index (χ3n) is 4.49. The summed E-state index contributed by atoms with van der Waals surface area (Å²) in [5.74, 6) is 0.252. The summed E-state index contributed by atoms with van der Waals surface area (Å²) >= 11 is 2.84. The number of anilines is 1. The highest BCUT2D eigenvalue weighted by Gasteiger charge is 2.17. The summed E-state index contributed by atoms with van der Waals surface area (Å²) in [6.45, 7) is 1.32. The molecule has 0 saturated carbocycles. The van der Waals surface area contributed by atoms with Crippen LogP contribution in [-0.2, 0) is 21.8 Å². The quantitative estimate of drug-likeness (QED) is 0.515. The van der Waals surface area contributed by atoms with Gasteiger partial charge in [0.05, 0.1) is 22.8 Å². The fourth-order valence-electron chi connectivity index (χ4n) is 3.12. The Kier molecular flexibility index (Phi) is 6.07. The molecule has 3 aromatic rings. The monoisotopic (exact) mass is 432 g/mol. The molecule has 0 unspecified atom stereocenters. The van der Waals surface area contributed by atoms with Crippen molar-refractivity contribution in [2.45, 2.75) is 35.6 Å². The van der Waals surface area contributed by atoms with E-state index in [0.29, 0.717) is 29.0 Å². The highest BCUT2D eigenvalue weighted by Crippen LogP contribution is 2.28. The van der Waals surface area contributed by atoms with Gasteiger partial charge in [-0.15, -0.1) is 10.2 Å². The first kappa shape index (κ1) is 19.8. The molecule has 0 radical (unpaired) electrons. The molecule has 1 saturated heterocycles. The van der Waals surface area contributed by atoms with Crippen molar-refractivity contribution in [2.24, 2.45) is 5.73 Å². The van der Waals surface area contributed by atoms with Crippen molar-refractivity contribution in [2.75, 3.05) is 18.5 Å². The lowest BCUT2D eigenvalue weighted by molar-refractivity contribution is -0.118. The van der Waals surface area contributed by atoms with Gasteiger partial charge in [0.1, 0.15) is 12.4 Å². The number of amides is 1. The maximum Gasteiger partial charge on any atom is 0.261 e. The van der Waals surface area contributed by atoms with Gasteiger partial charge in [0.25, 0.3) is 5.56 Å². The van der Waals surface area contributed by atoms with Crippen molar-refractivity contribution < 1.29 is 9.53 Å². The lowest BCUT2D eigenvalue weighted by Crippen LogP contribution is -2.31. The molecule has 9 nitrogen and oxygen atoms in total. The van der Waals surface area contributed by atoms with Gasteiger partial charge in [0.2, 0.25) is 11.0 Å². The summed E-state index contributed by atoms with van der Waals surface area (Å²) in [7, 11) is 0. The average molecular weight is 433 g/mol. The number of nitrogens with zero attached hydrogens (tertiary/aromatic N) is 4. The normalized spacial score (nSPS) is 16.3. The number of para-hydroxylation sites is 1. The van der Waals surface area contributed by atoms with Crippen molar-refractivity contribution in [3.05, 3.63) is 40.4 Å². The smallest absolute Gasteiger partial charge is 0.261 e. The number of thioether (sulfide) groups is 1. The second-order valence-corrected chi connectivity index (χ2v) is 8.78. The Morgan fingerprint density at radius 1 is 1.38 bits per heavy atom. The fourth-order valence-corrected chi connectivity index (χ4v) is 4.82. The molecule has 4 rings (SSSR count). The van der Waals surface area contributed by atoms with Crippen LogP contribution in [0.25, 0.3) is 10.9 Å². The first-order chi connectivity index (χ1) is 14.1. The van der Waals surface area contributed by atoms with Gasteiger partial charge in [-0.3, -0.25) is 14.2 Å². The van der Waals surface area contributed by atoms with Crippen LogP contribution in [0.15, 0.2) is 33.4 Å². The molecule has 1 aliphatic heterocycles. The van der Waals surface area contributed by atoms with Gasteiger partial charge >= 0.3 is 0 Å². The third-order valence-corrected chi connectivity index (χ3v) is 6.50. The van der Waals surface area contributed by atoms with Crippen LogP contribution < -0.4 is 16.6 Å². The molecule has 29 heavy (non-hydrogen) atoms. The van der Waals surface area contributed by atoms with Crippen LogP contribution in [0, 0.1) is 0 Å². The molecule has 11 heteroatoms. The first-order valence-corrected chi connectivity index (χ1v) is 11.0. The number of nitrogens with one attached hydrogen (secondary N) is 1. The zero-order chi connectivity index (χ0) is 20.2. The SMILES string of the molecule is NC(=O)Cn1c(CSc2nnc(NC[C@@H]3CCCO3)s2)nc2ccccc2c1=O. The number of carbonyl (C=O) groups is 1. The molecule has 0 aliphatic carbocycles. The van der Waals surface area contributed by atoms with E-state index in [-0.39, 0.29) is 18.2 Å². The molecule has 1 fully saturated rings. The van der Waals surface area contributed by atoms with Crippen LogP contribution in [0.3, 0.4) is 0 Å². The van der Waals surface area contributed by atoms with Gasteiger partial charge in [-0.25, -0.2) is 4.98 Å². The summed E-state index contributed by atoms with van der Waals surface area (Å²) in [6.07, 6.45) is 2.37. The number of aromatic nitrogens is 4. The van der Waals surface area contributed by atoms with Gasteiger partial charge in [0, 0.05) is 13.2 Å². The van der Waals surface area contributed by atoms with E-state index in [1.807, 2.05) is 6.07 Å². The van der Waals surface area contributed by atoms with Crippen molar-refractivity contribution in [3.63, 3.8) is 0 Å². The summed E-state index contributed by atoms with van der Waals surface area (Å²) in [5, 5.41) is 12.8. The van der Waals surface area contributed by atoms with E-state index in [2.05, 4.69) is 20.5 Å². The molecular formula is C18H20N6O3S2. The van der Waals surface area contributed by atoms with Gasteiger partial charge in [0.15, 0.2) is 4.34 Å². The van der Waals surface area contributed by atoms with Crippen LogP contribution in [0.4, 0.5) is 5.13 Å². The van der Waals surface area contributed by atoms with Crippen molar-refractivity contribution in [1.82, 2.24) is 19.7 Å². The molecular weight excluding hydrogens is 412 g/mol. The molecule has 3 heterocycles. The summed E-state index contributed by atoms with van der Waals surface area (Å²) in [5.41, 5.74) is 5.64. The molecule has 2 aromatic heterocycles. The molecule has 152 valence electrons. The van der Waals surface area contributed by atoms with E-state index in [4.69, 9.17) is 10.5 Å². The minimum atomic E-state index is -0.591. The van der Waals surface area contributed by atoms with Crippen molar-refractivity contribution in [3.8, 4) is 0 Å². The highest BCUT2D eigenvalue weighted by atomic mass is 32.2. The summed E-state index contributed by atoms with van der Waals surface area (Å²) < 4.78 is 7.66. The van der Waals surface area contributed by atoms with Gasteiger partial charge in [-0.2, -0.15) is 0 Å². The van der Waals surface area contributed by atoms with E-state index < -0.39 is 5.91 Å². The Labute approximate surface area is 174 Å². The number of nitrogens with two attached hydrogens (primary N) is 1. The second-order valence-electron chi connectivity index (χ2n) is 6.58. The van der Waals surface area contributed by atoms with Gasteiger partial charge < -0.3 is 15.8 Å². The van der Waals surface area contributed by atoms with E-state index in [1.165, 1.54) is 27.7 Å². The van der Waals surface area contributed by atoms with Crippen LogP contribution in [0.2, 0.25) is 0 Å². The maximum atomic E-state index is 12.8. The Morgan fingerprint density at radius 2 is 2.24 bits per heavy atom. The van der Waals surface area contributed by atoms with Crippen LogP contribution in [0.1, 0.15) is 18.7 Å². The number of rotatable bonds is 8. The Morgan fingerprint density at radius 3 is 3.03 bits per heavy atom. The molecule has 3 N–H and O–H groups in total. The van der Waals surface area contributed by atoms with E-state index in [0.717, 1.165) is 28.9 Å². The fraction of sp³-hybridized carbons (Fsp3) is 0.389. The van der Waals surface area contributed by atoms with E-state index >= 15 is 0 Å². The first-order valence-electron chi connectivity index (χ1n) is 9.18. The number of benzene rings is 1. The maximum absolute atomic E-state index is 12.8. The Bertz CT molecular complexity index is 1080. The average Bonchev–Trinajstić information content (AvgIpc) is 3.39. The topological polar surface area (TPSA) is 125 Å². The minimum Gasteiger partial charge on any atom is -0.376 e. The standard InChI is InChI=1S/C18H20N6O3S2/c19-14(25)9-24-15(21-13-6-2-1-5-12(13)16(24)26)10-28-18-23-22-17(29-18)20-8-11-4-3-7-27-11/h1-2,5-6,11H,3-4,7-10H2,(H2,19,25)(H,20,22)/t11-/m0/s1. The van der Waals surface area contributed by atoms with Gasteiger partial charge in [-0.05, 0) is 25.0 Å². The number of carbonyl (C=O) groups excluding carboxylic acids is 1. The number of hydrogen-bond donors (Lipinski definition) is 2. The molecule has 0 bridgehead atoms. The highest BCUT2D eigenvalue weighted by molar-refractivity contribution is 8.00. The number of ether oxygens (including phenoxy) is 1. The molecule has 1 aromatic carbocycles. The lowest BCUT2D eigenvalue weighted by atomic mass is 10.2. The summed E-state index contributed by atoms with van der Waals surface area (Å²) in [4.78, 5) is 28.8. The zero-order valence-corrected chi connectivity index (χ0v) is 17.2. The van der Waals surface area contributed by atoms with Crippen molar-refractivity contribution >= 4 is 45.0 Å². The van der Waals surface area contributed by atoms with Crippen molar-refractivity contribution in [1.29, 1.82) is 0 Å². The van der Waals surface area contributed by atoms with E-state index in [1.54, 1.807) is 18.2 Å². The second kappa shape index (κ2) is 8.89. The molecule has 1 atom stereocenters. The number of primary amides is 1. The van der Waals surface area contributed by atoms with Gasteiger partial charge in [-0.1, -0.05) is 35.2 Å². The van der Waals surface area contributed by atoms with Crippen LogP contribution in [-0.4, -0.2) is 44.9 Å². The predicted molar refractivity (Wildman–Crippen MR) is 112 cm³/mol. The molecule has 1 amide bonds. The number of fused-ring (bicyclic) bond motifs is 1. The predicted octanol–water partition coefficient (Wildman–Crippen LogP) is 1.62. The number of hydrogen-bond acceptors (Lipinski definition) is 9. The Balaban J connectivity index is 1.49. The van der Waals surface area contributed by atoms with Crippen LogP contribution >= 0.6 is 23.1 Å². The Hall–Kier alpha value is -2.50. The zero-order valence-electron chi connectivity index (χ0n) is 15.5. The molecule has 1 aliphatic rings. The minimum absolute atomic E-state index is 0.211.